The number of anilines is 1. The summed E-state index contributed by atoms with van der Waals surface area (Å²) in [7, 11) is -0.968. The molecule has 0 aliphatic heterocycles. The van der Waals surface area contributed by atoms with Crippen LogP contribution in [0.1, 0.15) is 29.9 Å². The second-order valence-electron chi connectivity index (χ2n) is 7.60. The number of methoxy groups -OCH3 is 1. The highest BCUT2D eigenvalue weighted by molar-refractivity contribution is 7.70. The fourth-order valence-electron chi connectivity index (χ4n) is 3.39. The van der Waals surface area contributed by atoms with Crippen molar-refractivity contribution in [3.8, 4) is 5.75 Å². The maximum absolute atomic E-state index is 12.8. The summed E-state index contributed by atoms with van der Waals surface area (Å²) in [6.45, 7) is 7.50. The molecule has 0 radical (unpaired) electrons. The second-order valence-corrected chi connectivity index (χ2v) is 10.8. The summed E-state index contributed by atoms with van der Waals surface area (Å²) in [5.41, 5.74) is 2.94. The van der Waals surface area contributed by atoms with Gasteiger partial charge in [-0.1, -0.05) is 24.3 Å². The van der Waals surface area contributed by atoms with Crippen LogP contribution in [-0.4, -0.2) is 42.1 Å². The number of nitrogens with zero attached hydrogens (tertiary/aromatic N) is 2. The Hall–Kier alpha value is -2.43. The maximum atomic E-state index is 12.8. The third-order valence-electron chi connectivity index (χ3n) is 4.89. The highest BCUT2D eigenvalue weighted by atomic mass is 31.2. The van der Waals surface area contributed by atoms with E-state index in [1.807, 2.05) is 31.2 Å². The summed E-state index contributed by atoms with van der Waals surface area (Å²) >= 11 is 0. The van der Waals surface area contributed by atoms with Crippen molar-refractivity contribution < 1.29 is 14.4 Å². The van der Waals surface area contributed by atoms with Gasteiger partial charge < -0.3 is 19.7 Å². The summed E-state index contributed by atoms with van der Waals surface area (Å²) in [5.74, 6) is 1.93. The van der Waals surface area contributed by atoms with Crippen molar-refractivity contribution in [2.75, 3.05) is 32.4 Å². The van der Waals surface area contributed by atoms with Crippen LogP contribution in [-0.2, 0) is 11.0 Å². The van der Waals surface area contributed by atoms with Gasteiger partial charge in [0.1, 0.15) is 24.5 Å². The molecule has 0 saturated heterocycles. The first kappa shape index (κ1) is 21.3. The van der Waals surface area contributed by atoms with Crippen LogP contribution in [0.15, 0.2) is 36.4 Å². The average Bonchev–Trinajstić information content (AvgIpc) is 2.66. The van der Waals surface area contributed by atoms with Crippen molar-refractivity contribution in [2.24, 2.45) is 0 Å². The summed E-state index contributed by atoms with van der Waals surface area (Å²) < 4.78 is 18.3. The minimum Gasteiger partial charge on any atom is -0.496 e. The number of fused-ring (bicyclic) bond motifs is 1. The Morgan fingerprint density at radius 1 is 1.21 bits per heavy atom. The maximum Gasteiger partial charge on any atom is 0.138 e. The number of hydrogen-bond acceptors (Lipinski definition) is 6. The first-order valence-electron chi connectivity index (χ1n) is 9.61. The number of aliphatic hydroxyl groups excluding tert-OH is 1. The first-order chi connectivity index (χ1) is 13.7. The van der Waals surface area contributed by atoms with Gasteiger partial charge >= 0.3 is 0 Å². The van der Waals surface area contributed by atoms with Crippen LogP contribution >= 0.6 is 7.14 Å². The Labute approximate surface area is 171 Å². The molecule has 3 aromatic rings. The van der Waals surface area contributed by atoms with Gasteiger partial charge in [0, 0.05) is 24.1 Å². The van der Waals surface area contributed by atoms with Crippen LogP contribution < -0.4 is 15.4 Å². The molecule has 0 aliphatic rings. The topological polar surface area (TPSA) is 84.3 Å². The van der Waals surface area contributed by atoms with E-state index in [0.717, 1.165) is 22.0 Å². The average molecular weight is 413 g/mol. The number of aliphatic hydroxyl groups is 1. The van der Waals surface area contributed by atoms with E-state index < -0.39 is 7.14 Å². The monoisotopic (exact) mass is 413 g/mol. The van der Waals surface area contributed by atoms with Crippen LogP contribution in [0.3, 0.4) is 0 Å². The van der Waals surface area contributed by atoms with Crippen molar-refractivity contribution in [2.45, 2.75) is 26.3 Å². The van der Waals surface area contributed by atoms with Gasteiger partial charge in [-0.3, -0.25) is 0 Å². The van der Waals surface area contributed by atoms with E-state index in [4.69, 9.17) is 4.74 Å². The number of benzene rings is 2. The summed E-state index contributed by atoms with van der Waals surface area (Å²) in [6.07, 6.45) is 0.627. The molecule has 2 N–H and O–H groups in total. The van der Waals surface area contributed by atoms with Crippen LogP contribution in [0, 0.1) is 6.92 Å². The fraction of sp³-hybridized carbons (Fsp3) is 0.364. The van der Waals surface area contributed by atoms with Gasteiger partial charge in [0.2, 0.25) is 0 Å². The van der Waals surface area contributed by atoms with Gasteiger partial charge in [0.05, 0.1) is 17.9 Å². The van der Waals surface area contributed by atoms with E-state index in [-0.39, 0.29) is 12.6 Å². The van der Waals surface area contributed by atoms with Crippen molar-refractivity contribution in [1.29, 1.82) is 0 Å². The number of aromatic nitrogens is 2. The molecule has 1 aromatic heterocycles. The predicted molar refractivity (Wildman–Crippen MR) is 119 cm³/mol. The molecule has 0 unspecified atom stereocenters. The Bertz CT molecular complexity index is 1080. The zero-order valence-corrected chi connectivity index (χ0v) is 18.5. The molecule has 2 aromatic carbocycles. The Morgan fingerprint density at radius 3 is 2.62 bits per heavy atom. The zero-order valence-electron chi connectivity index (χ0n) is 17.6. The molecular weight excluding hydrogens is 385 g/mol. The van der Waals surface area contributed by atoms with Gasteiger partial charge in [-0.05, 0) is 50.8 Å². The smallest absolute Gasteiger partial charge is 0.138 e. The Morgan fingerprint density at radius 2 is 1.97 bits per heavy atom. The van der Waals surface area contributed by atoms with Crippen LogP contribution in [0.4, 0.5) is 5.82 Å². The molecule has 0 amide bonds. The van der Waals surface area contributed by atoms with Crippen LogP contribution in [0.25, 0.3) is 10.9 Å². The number of aryl methyl sites for hydroxylation is 1. The minimum atomic E-state index is -2.55. The van der Waals surface area contributed by atoms with Gasteiger partial charge in [0.15, 0.2) is 0 Å². The molecule has 29 heavy (non-hydrogen) atoms. The highest BCUT2D eigenvalue weighted by Gasteiger charge is 2.21. The second kappa shape index (κ2) is 8.52. The summed E-state index contributed by atoms with van der Waals surface area (Å²) in [4.78, 5) is 9.15. The third-order valence-corrected chi connectivity index (χ3v) is 6.40. The number of rotatable bonds is 7. The lowest BCUT2D eigenvalue weighted by molar-refractivity contribution is 0.299. The number of hydrogen-bond donors (Lipinski definition) is 2. The van der Waals surface area contributed by atoms with Gasteiger partial charge in [0.25, 0.3) is 0 Å². The lowest BCUT2D eigenvalue weighted by atomic mass is 10.0. The molecule has 1 atom stereocenters. The molecule has 154 valence electrons. The largest absolute Gasteiger partial charge is 0.496 e. The molecule has 1 heterocycles. The van der Waals surface area contributed by atoms with Gasteiger partial charge in [-0.15, -0.1) is 0 Å². The molecular formula is C22H28N3O3P. The van der Waals surface area contributed by atoms with Gasteiger partial charge in [-0.2, -0.15) is 0 Å². The Balaban J connectivity index is 2.06. The van der Waals surface area contributed by atoms with Crippen molar-refractivity contribution in [1.82, 2.24) is 9.97 Å². The minimum absolute atomic E-state index is 0.00764. The van der Waals surface area contributed by atoms with E-state index in [9.17, 15) is 9.67 Å². The SMILES string of the molecule is COc1cc2nc(C)nc(N[C@H](C)c3cccc(CCO)c3)c2cc1P(C)(C)=O. The van der Waals surface area contributed by atoms with E-state index in [0.29, 0.717) is 29.1 Å². The van der Waals surface area contributed by atoms with E-state index in [1.165, 1.54) is 0 Å². The molecule has 3 rings (SSSR count). The molecule has 0 spiro atoms. The molecule has 6 nitrogen and oxygen atoms in total. The molecule has 7 heteroatoms. The van der Waals surface area contributed by atoms with Crippen molar-refractivity contribution >= 4 is 29.2 Å². The van der Waals surface area contributed by atoms with Crippen molar-refractivity contribution in [3.63, 3.8) is 0 Å². The van der Waals surface area contributed by atoms with E-state index >= 15 is 0 Å². The summed E-state index contributed by atoms with van der Waals surface area (Å²) in [6, 6.07) is 11.8. The number of ether oxygens (including phenoxy) is 1. The fourth-order valence-corrected chi connectivity index (χ4v) is 4.52. The normalized spacial score (nSPS) is 12.8. The molecule has 0 saturated carbocycles. The predicted octanol–water partition coefficient (Wildman–Crippen LogP) is 3.90. The Kier molecular flexibility index (Phi) is 6.25. The van der Waals surface area contributed by atoms with E-state index in [2.05, 4.69) is 34.3 Å². The molecule has 0 aliphatic carbocycles. The standard InChI is InChI=1S/C22H28N3O3P/c1-14(17-8-6-7-16(11-17)9-10-26)23-22-18-12-21(29(4,5)27)20(28-3)13-19(18)24-15(2)25-22/h6-8,11-14,26H,9-10H2,1-5H3,(H,23,24,25)/t14-/m1/s1. The highest BCUT2D eigenvalue weighted by Crippen LogP contribution is 2.40. The first-order valence-corrected chi connectivity index (χ1v) is 12.2. The zero-order chi connectivity index (χ0) is 21.2. The van der Waals surface area contributed by atoms with Gasteiger partial charge in [-0.25, -0.2) is 9.97 Å². The number of nitrogens with one attached hydrogen (secondary N) is 1. The van der Waals surface area contributed by atoms with Crippen LogP contribution in [0.2, 0.25) is 0 Å². The third kappa shape index (κ3) is 4.77. The van der Waals surface area contributed by atoms with E-state index in [1.54, 1.807) is 20.4 Å². The molecule has 0 bridgehead atoms. The quantitative estimate of drug-likeness (QED) is 0.572. The van der Waals surface area contributed by atoms with Crippen LogP contribution in [0.5, 0.6) is 5.75 Å². The van der Waals surface area contributed by atoms with Crippen molar-refractivity contribution in [3.05, 3.63) is 53.3 Å². The lowest BCUT2D eigenvalue weighted by Gasteiger charge is -2.19. The summed E-state index contributed by atoms with van der Waals surface area (Å²) in [5, 5.41) is 14.2. The lowest BCUT2D eigenvalue weighted by Crippen LogP contribution is -2.12. The molecule has 0 fully saturated rings.